The van der Waals surface area contributed by atoms with Gasteiger partial charge in [-0.3, -0.25) is 14.8 Å². The average Bonchev–Trinajstić information content (AvgIpc) is 2.74. The second-order valence-corrected chi connectivity index (χ2v) is 6.41. The zero-order chi connectivity index (χ0) is 17.9. The van der Waals surface area contributed by atoms with E-state index in [9.17, 15) is 9.59 Å². The number of esters is 1. The summed E-state index contributed by atoms with van der Waals surface area (Å²) in [5.74, 6) is -0.333. The maximum Gasteiger partial charge on any atom is 0.412 e. The van der Waals surface area contributed by atoms with Crippen LogP contribution >= 0.6 is 0 Å². The Labute approximate surface area is 140 Å². The average molecular weight is 333 g/mol. The van der Waals surface area contributed by atoms with Crippen LogP contribution in [0.2, 0.25) is 0 Å². The zero-order valence-electron chi connectivity index (χ0n) is 14.7. The van der Waals surface area contributed by atoms with E-state index in [0.29, 0.717) is 12.3 Å². The van der Waals surface area contributed by atoms with Crippen molar-refractivity contribution in [1.82, 2.24) is 9.78 Å². The number of benzene rings is 1. The summed E-state index contributed by atoms with van der Waals surface area (Å²) in [4.78, 5) is 23.5. The predicted octanol–water partition coefficient (Wildman–Crippen LogP) is 3.25. The number of carbonyl (C=O) groups excluding carboxylic acids is 2. The van der Waals surface area contributed by atoms with Gasteiger partial charge in [-0.1, -0.05) is 0 Å². The van der Waals surface area contributed by atoms with Gasteiger partial charge in [-0.15, -0.1) is 0 Å². The molecule has 1 aromatic heterocycles. The minimum atomic E-state index is -0.561. The van der Waals surface area contributed by atoms with Crippen molar-refractivity contribution in [2.75, 3.05) is 11.9 Å². The number of aromatic nitrogens is 2. The molecule has 1 amide bonds. The molecule has 0 bridgehead atoms. The normalized spacial score (nSPS) is 11.4. The van der Waals surface area contributed by atoms with Crippen LogP contribution in [0.3, 0.4) is 0 Å². The fraction of sp³-hybridized carbons (Fsp3) is 0.471. The fourth-order valence-electron chi connectivity index (χ4n) is 2.24. The van der Waals surface area contributed by atoms with Gasteiger partial charge in [0.2, 0.25) is 0 Å². The number of hydrogen-bond donors (Lipinski definition) is 1. The van der Waals surface area contributed by atoms with Crippen molar-refractivity contribution in [2.45, 2.75) is 46.8 Å². The van der Waals surface area contributed by atoms with Crippen LogP contribution < -0.4 is 5.32 Å². The number of aryl methyl sites for hydroxylation is 1. The Balaban J connectivity index is 2.20. The molecular weight excluding hydrogens is 310 g/mol. The number of nitrogens with one attached hydrogen (secondary N) is 1. The highest BCUT2D eigenvalue weighted by Gasteiger charge is 2.17. The second-order valence-electron chi connectivity index (χ2n) is 6.41. The van der Waals surface area contributed by atoms with Gasteiger partial charge in [-0.2, -0.15) is 5.10 Å². The Morgan fingerprint density at radius 1 is 1.29 bits per heavy atom. The van der Waals surface area contributed by atoms with Crippen LogP contribution in [-0.4, -0.2) is 34.1 Å². The van der Waals surface area contributed by atoms with Crippen molar-refractivity contribution in [3.63, 3.8) is 0 Å². The molecule has 0 saturated carbocycles. The Morgan fingerprint density at radius 3 is 2.62 bits per heavy atom. The van der Waals surface area contributed by atoms with E-state index in [1.807, 2.05) is 13.0 Å². The Morgan fingerprint density at radius 2 is 2.00 bits per heavy atom. The van der Waals surface area contributed by atoms with Crippen LogP contribution in [0, 0.1) is 6.92 Å². The van der Waals surface area contributed by atoms with Gasteiger partial charge in [-0.25, -0.2) is 4.79 Å². The molecule has 0 atom stereocenters. The van der Waals surface area contributed by atoms with Crippen molar-refractivity contribution >= 4 is 28.7 Å². The summed E-state index contributed by atoms with van der Waals surface area (Å²) >= 11 is 0. The highest BCUT2D eigenvalue weighted by molar-refractivity contribution is 5.91. The van der Waals surface area contributed by atoms with Crippen molar-refractivity contribution in [1.29, 1.82) is 0 Å². The van der Waals surface area contributed by atoms with E-state index in [2.05, 4.69) is 10.4 Å². The lowest BCUT2D eigenvalue weighted by molar-refractivity contribution is -0.144. The third kappa shape index (κ3) is 4.47. The summed E-state index contributed by atoms with van der Waals surface area (Å²) < 4.78 is 11.8. The van der Waals surface area contributed by atoms with Crippen LogP contribution in [0.1, 0.15) is 33.4 Å². The number of rotatable bonds is 4. The molecule has 0 spiro atoms. The molecule has 7 heteroatoms. The summed E-state index contributed by atoms with van der Waals surface area (Å²) in [6.07, 6.45) is -0.515. The molecule has 1 heterocycles. The highest BCUT2D eigenvalue weighted by Crippen LogP contribution is 2.22. The maximum absolute atomic E-state index is 11.9. The molecular formula is C17H23N3O4. The van der Waals surface area contributed by atoms with Crippen molar-refractivity contribution in [3.8, 4) is 0 Å². The minimum Gasteiger partial charge on any atom is -0.465 e. The molecule has 0 aliphatic carbocycles. The quantitative estimate of drug-likeness (QED) is 0.869. The topological polar surface area (TPSA) is 82.5 Å². The number of amides is 1. The molecule has 7 nitrogen and oxygen atoms in total. The lowest BCUT2D eigenvalue weighted by atomic mass is 10.2. The first-order valence-corrected chi connectivity index (χ1v) is 7.82. The van der Waals surface area contributed by atoms with E-state index in [0.717, 1.165) is 16.6 Å². The maximum atomic E-state index is 11.9. The van der Waals surface area contributed by atoms with Gasteiger partial charge >= 0.3 is 12.1 Å². The molecule has 0 aliphatic heterocycles. The number of fused-ring (bicyclic) bond motifs is 1. The van der Waals surface area contributed by atoms with Crippen molar-refractivity contribution in [3.05, 3.63) is 23.9 Å². The number of ether oxygens (including phenoxy) is 2. The Hall–Kier alpha value is -2.57. The lowest BCUT2D eigenvalue weighted by Crippen LogP contribution is -2.27. The van der Waals surface area contributed by atoms with Crippen molar-refractivity contribution in [2.24, 2.45) is 0 Å². The third-order valence-electron chi connectivity index (χ3n) is 3.23. The number of nitrogens with zero attached hydrogens (tertiary/aromatic N) is 2. The van der Waals surface area contributed by atoms with E-state index in [1.54, 1.807) is 44.5 Å². The van der Waals surface area contributed by atoms with E-state index in [1.165, 1.54) is 0 Å². The summed E-state index contributed by atoms with van der Waals surface area (Å²) in [6.45, 7) is 9.44. The first kappa shape index (κ1) is 17.8. The van der Waals surface area contributed by atoms with Crippen LogP contribution in [0.5, 0.6) is 0 Å². The lowest BCUT2D eigenvalue weighted by Gasteiger charge is -2.19. The van der Waals surface area contributed by atoms with Crippen LogP contribution in [0.15, 0.2) is 18.2 Å². The van der Waals surface area contributed by atoms with Gasteiger partial charge in [0.05, 0.1) is 12.1 Å². The molecule has 0 unspecified atom stereocenters. The molecule has 0 radical (unpaired) electrons. The molecule has 24 heavy (non-hydrogen) atoms. The molecule has 0 saturated heterocycles. The Kier molecular flexibility index (Phi) is 5.11. The standard InChI is InChI=1S/C17H23N3O4/c1-6-23-15(21)10-20-11(2)13-9-12(7-8-14(13)19-20)18-16(22)24-17(3,4)5/h7-9H,6,10H2,1-5H3,(H,18,22). The van der Waals surface area contributed by atoms with Gasteiger partial charge in [0.15, 0.2) is 0 Å². The van der Waals surface area contributed by atoms with E-state index in [4.69, 9.17) is 9.47 Å². The van der Waals surface area contributed by atoms with Crippen LogP contribution in [0.25, 0.3) is 10.9 Å². The second kappa shape index (κ2) is 6.90. The number of hydrogen-bond acceptors (Lipinski definition) is 5. The highest BCUT2D eigenvalue weighted by atomic mass is 16.6. The SMILES string of the molecule is CCOC(=O)Cn1nc2ccc(NC(=O)OC(C)(C)C)cc2c1C. The summed E-state index contributed by atoms with van der Waals surface area (Å²) in [5.41, 5.74) is 1.61. The molecule has 2 rings (SSSR count). The van der Waals surface area contributed by atoms with Gasteiger partial charge in [0.25, 0.3) is 0 Å². The molecule has 2 aromatic rings. The van der Waals surface area contributed by atoms with Gasteiger partial charge < -0.3 is 9.47 Å². The number of carbonyl (C=O) groups is 2. The number of anilines is 1. The largest absolute Gasteiger partial charge is 0.465 e. The Bertz CT molecular complexity index is 759. The monoisotopic (exact) mass is 333 g/mol. The summed E-state index contributed by atoms with van der Waals surface area (Å²) in [5, 5.41) is 7.94. The van der Waals surface area contributed by atoms with E-state index < -0.39 is 11.7 Å². The summed E-state index contributed by atoms with van der Waals surface area (Å²) in [7, 11) is 0. The summed E-state index contributed by atoms with van der Waals surface area (Å²) in [6, 6.07) is 5.34. The van der Waals surface area contributed by atoms with E-state index in [-0.39, 0.29) is 12.5 Å². The molecule has 0 fully saturated rings. The van der Waals surface area contributed by atoms with Gasteiger partial charge in [-0.05, 0) is 52.8 Å². The molecule has 1 aromatic carbocycles. The molecule has 130 valence electrons. The first-order valence-electron chi connectivity index (χ1n) is 7.82. The molecule has 1 N–H and O–H groups in total. The van der Waals surface area contributed by atoms with Crippen LogP contribution in [-0.2, 0) is 20.8 Å². The minimum absolute atomic E-state index is 0.0587. The van der Waals surface area contributed by atoms with Gasteiger partial charge in [0.1, 0.15) is 12.1 Å². The third-order valence-corrected chi connectivity index (χ3v) is 3.23. The zero-order valence-corrected chi connectivity index (χ0v) is 14.7. The predicted molar refractivity (Wildman–Crippen MR) is 91.0 cm³/mol. The van der Waals surface area contributed by atoms with Gasteiger partial charge in [0, 0.05) is 16.8 Å². The fourth-order valence-corrected chi connectivity index (χ4v) is 2.24. The van der Waals surface area contributed by atoms with Crippen molar-refractivity contribution < 1.29 is 19.1 Å². The van der Waals surface area contributed by atoms with Crippen LogP contribution in [0.4, 0.5) is 10.5 Å². The smallest absolute Gasteiger partial charge is 0.412 e. The van der Waals surface area contributed by atoms with E-state index >= 15 is 0 Å². The first-order chi connectivity index (χ1) is 11.2. The molecule has 0 aliphatic rings.